The summed E-state index contributed by atoms with van der Waals surface area (Å²) in [7, 11) is 1.80. The lowest BCUT2D eigenvalue weighted by molar-refractivity contribution is 0.288. The Balaban J connectivity index is 2.81. The predicted octanol–water partition coefficient (Wildman–Crippen LogP) is 1.81. The van der Waals surface area contributed by atoms with Crippen LogP contribution in [0.2, 0.25) is 0 Å². The standard InChI is InChI=1S/C10H17BrN4OS/c1-6(7(4-16)17-3)15-10-8(11)9(12-2)13-5-14-10/h5-7,16H,4H2,1-3H3,(H2,12,13,14,15). The zero-order valence-corrected chi connectivity index (χ0v) is 12.5. The van der Waals surface area contributed by atoms with Crippen LogP contribution < -0.4 is 10.6 Å². The minimum Gasteiger partial charge on any atom is -0.395 e. The van der Waals surface area contributed by atoms with Gasteiger partial charge >= 0.3 is 0 Å². The maximum Gasteiger partial charge on any atom is 0.146 e. The highest BCUT2D eigenvalue weighted by Crippen LogP contribution is 2.27. The maximum atomic E-state index is 9.23. The first-order valence-electron chi connectivity index (χ1n) is 5.22. The maximum absolute atomic E-state index is 9.23. The Morgan fingerprint density at radius 3 is 2.65 bits per heavy atom. The summed E-state index contributed by atoms with van der Waals surface area (Å²) in [5.74, 6) is 1.46. The number of aromatic nitrogens is 2. The lowest BCUT2D eigenvalue weighted by atomic mass is 10.2. The van der Waals surface area contributed by atoms with Gasteiger partial charge in [-0.05, 0) is 29.1 Å². The quantitative estimate of drug-likeness (QED) is 0.742. The molecule has 0 aromatic carbocycles. The van der Waals surface area contributed by atoms with E-state index in [0.717, 1.165) is 16.1 Å². The predicted molar refractivity (Wildman–Crippen MR) is 76.8 cm³/mol. The highest BCUT2D eigenvalue weighted by Gasteiger charge is 2.17. The van der Waals surface area contributed by atoms with E-state index < -0.39 is 0 Å². The van der Waals surface area contributed by atoms with Gasteiger partial charge in [0.1, 0.15) is 22.4 Å². The first kappa shape index (κ1) is 14.5. The van der Waals surface area contributed by atoms with Crippen LogP contribution in [0.15, 0.2) is 10.8 Å². The first-order chi connectivity index (χ1) is 8.13. The van der Waals surface area contributed by atoms with Crippen molar-refractivity contribution in [3.05, 3.63) is 10.8 Å². The molecule has 1 rings (SSSR count). The van der Waals surface area contributed by atoms with Gasteiger partial charge in [0.15, 0.2) is 0 Å². The second-order valence-corrected chi connectivity index (χ2v) is 5.39. The van der Waals surface area contributed by atoms with Gasteiger partial charge in [-0.1, -0.05) is 0 Å². The van der Waals surface area contributed by atoms with Crippen molar-refractivity contribution in [2.24, 2.45) is 0 Å². The summed E-state index contributed by atoms with van der Waals surface area (Å²) < 4.78 is 0.798. The number of hydrogen-bond acceptors (Lipinski definition) is 6. The Kier molecular flexibility index (Phi) is 6.01. The molecule has 2 atom stereocenters. The molecule has 1 aromatic heterocycles. The second-order valence-electron chi connectivity index (χ2n) is 3.52. The molecule has 1 aromatic rings. The van der Waals surface area contributed by atoms with E-state index in [1.165, 1.54) is 6.33 Å². The van der Waals surface area contributed by atoms with Crippen LogP contribution >= 0.6 is 27.7 Å². The van der Waals surface area contributed by atoms with Gasteiger partial charge in [-0.25, -0.2) is 9.97 Å². The van der Waals surface area contributed by atoms with Gasteiger partial charge in [0, 0.05) is 18.3 Å². The molecule has 0 bridgehead atoms. The van der Waals surface area contributed by atoms with Gasteiger partial charge in [0.2, 0.25) is 0 Å². The average molecular weight is 321 g/mol. The fourth-order valence-electron chi connectivity index (χ4n) is 1.39. The molecule has 0 aliphatic heterocycles. The van der Waals surface area contributed by atoms with E-state index in [1.807, 2.05) is 13.2 Å². The highest BCUT2D eigenvalue weighted by molar-refractivity contribution is 9.10. The number of aliphatic hydroxyl groups is 1. The second kappa shape index (κ2) is 7.03. The summed E-state index contributed by atoms with van der Waals surface area (Å²) in [5.41, 5.74) is 0. The molecule has 3 N–H and O–H groups in total. The van der Waals surface area contributed by atoms with Gasteiger partial charge in [-0.3, -0.25) is 0 Å². The first-order valence-corrected chi connectivity index (χ1v) is 7.30. The molecule has 0 fully saturated rings. The molecular weight excluding hydrogens is 304 g/mol. The van der Waals surface area contributed by atoms with E-state index in [-0.39, 0.29) is 17.9 Å². The third-order valence-electron chi connectivity index (χ3n) is 2.43. The fraction of sp³-hybridized carbons (Fsp3) is 0.600. The van der Waals surface area contributed by atoms with Gasteiger partial charge in [0.25, 0.3) is 0 Å². The van der Waals surface area contributed by atoms with Crippen molar-refractivity contribution >= 4 is 39.3 Å². The van der Waals surface area contributed by atoms with E-state index in [1.54, 1.807) is 18.8 Å². The number of halogens is 1. The summed E-state index contributed by atoms with van der Waals surface area (Å²) >= 11 is 5.07. The molecule has 0 spiro atoms. The van der Waals surface area contributed by atoms with Crippen molar-refractivity contribution < 1.29 is 5.11 Å². The van der Waals surface area contributed by atoms with Crippen molar-refractivity contribution in [1.29, 1.82) is 0 Å². The molecule has 17 heavy (non-hydrogen) atoms. The van der Waals surface area contributed by atoms with Crippen molar-refractivity contribution in [2.75, 3.05) is 30.5 Å². The van der Waals surface area contributed by atoms with Gasteiger partial charge < -0.3 is 15.7 Å². The molecule has 0 radical (unpaired) electrons. The lowest BCUT2D eigenvalue weighted by Gasteiger charge is -2.22. The van der Waals surface area contributed by atoms with Crippen molar-refractivity contribution in [3.63, 3.8) is 0 Å². The molecule has 0 saturated heterocycles. The Morgan fingerprint density at radius 1 is 1.47 bits per heavy atom. The molecule has 2 unspecified atom stereocenters. The Labute approximate surface area is 114 Å². The number of nitrogens with one attached hydrogen (secondary N) is 2. The fourth-order valence-corrected chi connectivity index (χ4v) is 2.53. The van der Waals surface area contributed by atoms with Crippen LogP contribution in [-0.2, 0) is 0 Å². The van der Waals surface area contributed by atoms with Crippen molar-refractivity contribution in [2.45, 2.75) is 18.2 Å². The number of nitrogens with zero attached hydrogens (tertiary/aromatic N) is 2. The van der Waals surface area contributed by atoms with Crippen molar-refractivity contribution in [3.8, 4) is 0 Å². The van der Waals surface area contributed by atoms with E-state index in [0.29, 0.717) is 0 Å². The van der Waals surface area contributed by atoms with Crippen LogP contribution in [0.25, 0.3) is 0 Å². The molecule has 0 aliphatic rings. The van der Waals surface area contributed by atoms with Crippen LogP contribution in [-0.4, -0.2) is 46.3 Å². The van der Waals surface area contributed by atoms with Gasteiger partial charge in [-0.2, -0.15) is 11.8 Å². The third kappa shape index (κ3) is 3.72. The number of rotatable bonds is 6. The number of aliphatic hydroxyl groups excluding tert-OH is 1. The van der Waals surface area contributed by atoms with E-state index >= 15 is 0 Å². The minimum absolute atomic E-state index is 0.117. The Morgan fingerprint density at radius 2 is 2.12 bits per heavy atom. The summed E-state index contributed by atoms with van der Waals surface area (Å²) in [5, 5.41) is 15.6. The molecule has 1 heterocycles. The topological polar surface area (TPSA) is 70.1 Å². The molecular formula is C10H17BrN4OS. The summed E-state index contributed by atoms with van der Waals surface area (Å²) in [6.07, 6.45) is 3.48. The molecule has 5 nitrogen and oxygen atoms in total. The van der Waals surface area contributed by atoms with Gasteiger partial charge in [-0.15, -0.1) is 0 Å². The molecule has 0 saturated carbocycles. The SMILES string of the molecule is CNc1ncnc(NC(C)C(CO)SC)c1Br. The summed E-state index contributed by atoms with van der Waals surface area (Å²) in [4.78, 5) is 8.26. The van der Waals surface area contributed by atoms with Crippen LogP contribution in [0.4, 0.5) is 11.6 Å². The lowest BCUT2D eigenvalue weighted by Crippen LogP contribution is -2.31. The highest BCUT2D eigenvalue weighted by atomic mass is 79.9. The Hall–Kier alpha value is -0.530. The number of anilines is 2. The largest absolute Gasteiger partial charge is 0.395 e. The third-order valence-corrected chi connectivity index (χ3v) is 4.35. The molecule has 7 heteroatoms. The zero-order valence-electron chi connectivity index (χ0n) is 10.1. The Bertz CT molecular complexity index is 362. The van der Waals surface area contributed by atoms with Crippen LogP contribution in [0.5, 0.6) is 0 Å². The summed E-state index contributed by atoms with van der Waals surface area (Å²) in [6, 6.07) is 0.117. The molecule has 96 valence electrons. The normalized spacial score (nSPS) is 14.2. The monoisotopic (exact) mass is 320 g/mol. The molecule has 0 amide bonds. The average Bonchev–Trinajstić information content (AvgIpc) is 2.33. The smallest absolute Gasteiger partial charge is 0.146 e. The number of thioether (sulfide) groups is 1. The van der Waals surface area contributed by atoms with E-state index in [2.05, 4.69) is 36.5 Å². The van der Waals surface area contributed by atoms with Crippen LogP contribution in [0.1, 0.15) is 6.92 Å². The van der Waals surface area contributed by atoms with Crippen LogP contribution in [0, 0.1) is 0 Å². The van der Waals surface area contributed by atoms with Crippen molar-refractivity contribution in [1.82, 2.24) is 9.97 Å². The van der Waals surface area contributed by atoms with Gasteiger partial charge in [0.05, 0.1) is 6.61 Å². The zero-order chi connectivity index (χ0) is 12.8. The van der Waals surface area contributed by atoms with Crippen LogP contribution in [0.3, 0.4) is 0 Å². The van der Waals surface area contributed by atoms with E-state index in [4.69, 9.17) is 0 Å². The number of hydrogen-bond donors (Lipinski definition) is 3. The minimum atomic E-state index is 0.117. The summed E-state index contributed by atoms with van der Waals surface area (Å²) in [6.45, 7) is 2.15. The van der Waals surface area contributed by atoms with E-state index in [9.17, 15) is 5.11 Å². The molecule has 0 aliphatic carbocycles.